The van der Waals surface area contributed by atoms with Crippen LogP contribution in [0.4, 0.5) is 14.9 Å². The number of rotatable bonds is 4. The number of fused-ring (bicyclic) bond motifs is 1. The van der Waals surface area contributed by atoms with Crippen molar-refractivity contribution in [1.29, 1.82) is 0 Å². The standard InChI is InChI=1S/C15H14FN5O2/c1-23-12-6-5-10(8-11(12)16)18-15(22)17-9-14-20-19-13-4-2-3-7-21(13)14/h2-8H,9H2,1H3,(H2,17,18,22). The predicted molar refractivity (Wildman–Crippen MR) is 81.8 cm³/mol. The van der Waals surface area contributed by atoms with Crippen LogP contribution in [0.3, 0.4) is 0 Å². The van der Waals surface area contributed by atoms with Crippen LogP contribution in [-0.4, -0.2) is 27.7 Å². The Hall–Kier alpha value is -3.16. The number of nitrogens with one attached hydrogen (secondary N) is 2. The van der Waals surface area contributed by atoms with E-state index >= 15 is 0 Å². The summed E-state index contributed by atoms with van der Waals surface area (Å²) in [6, 6.07) is 9.22. The highest BCUT2D eigenvalue weighted by Crippen LogP contribution is 2.20. The van der Waals surface area contributed by atoms with Gasteiger partial charge in [-0.15, -0.1) is 10.2 Å². The molecule has 0 atom stereocenters. The van der Waals surface area contributed by atoms with Crippen LogP contribution in [-0.2, 0) is 6.54 Å². The lowest BCUT2D eigenvalue weighted by molar-refractivity contribution is 0.251. The number of hydrogen-bond acceptors (Lipinski definition) is 4. The molecule has 0 unspecified atom stereocenters. The number of urea groups is 1. The van der Waals surface area contributed by atoms with Gasteiger partial charge in [0.15, 0.2) is 23.0 Å². The summed E-state index contributed by atoms with van der Waals surface area (Å²) in [7, 11) is 1.38. The molecule has 2 aromatic heterocycles. The third kappa shape index (κ3) is 3.20. The Kier molecular flexibility index (Phi) is 4.05. The molecule has 2 amide bonds. The molecule has 0 aliphatic heterocycles. The fourth-order valence-electron chi connectivity index (χ4n) is 2.09. The molecule has 7 nitrogen and oxygen atoms in total. The summed E-state index contributed by atoms with van der Waals surface area (Å²) < 4.78 is 20.2. The molecule has 2 N–H and O–H groups in total. The maximum Gasteiger partial charge on any atom is 0.319 e. The number of amides is 2. The minimum Gasteiger partial charge on any atom is -0.494 e. The smallest absolute Gasteiger partial charge is 0.319 e. The second-order valence-electron chi connectivity index (χ2n) is 4.70. The van der Waals surface area contributed by atoms with Crippen molar-refractivity contribution in [2.45, 2.75) is 6.54 Å². The number of anilines is 1. The molecule has 1 aromatic carbocycles. The van der Waals surface area contributed by atoms with Crippen LogP contribution in [0.2, 0.25) is 0 Å². The Morgan fingerprint density at radius 1 is 1.30 bits per heavy atom. The third-order valence-electron chi connectivity index (χ3n) is 3.20. The van der Waals surface area contributed by atoms with Gasteiger partial charge in [-0.2, -0.15) is 0 Å². The van der Waals surface area contributed by atoms with Crippen molar-refractivity contribution in [1.82, 2.24) is 19.9 Å². The molecule has 8 heteroatoms. The lowest BCUT2D eigenvalue weighted by atomic mass is 10.3. The Morgan fingerprint density at radius 2 is 2.17 bits per heavy atom. The van der Waals surface area contributed by atoms with E-state index in [2.05, 4.69) is 20.8 Å². The van der Waals surface area contributed by atoms with Gasteiger partial charge in [0.2, 0.25) is 0 Å². The first-order valence-corrected chi connectivity index (χ1v) is 6.84. The Labute approximate surface area is 131 Å². The van der Waals surface area contributed by atoms with E-state index < -0.39 is 11.8 Å². The Balaban J connectivity index is 1.62. The lowest BCUT2D eigenvalue weighted by Crippen LogP contribution is -2.29. The monoisotopic (exact) mass is 315 g/mol. The largest absolute Gasteiger partial charge is 0.494 e. The van der Waals surface area contributed by atoms with E-state index in [0.717, 1.165) is 0 Å². The van der Waals surface area contributed by atoms with Crippen LogP contribution in [0, 0.1) is 5.82 Å². The van der Waals surface area contributed by atoms with Crippen molar-refractivity contribution in [2.75, 3.05) is 12.4 Å². The van der Waals surface area contributed by atoms with Gasteiger partial charge in [-0.3, -0.25) is 4.40 Å². The van der Waals surface area contributed by atoms with Gasteiger partial charge in [-0.1, -0.05) is 6.07 Å². The van der Waals surface area contributed by atoms with E-state index in [-0.39, 0.29) is 12.3 Å². The van der Waals surface area contributed by atoms with E-state index in [4.69, 9.17) is 4.74 Å². The minimum atomic E-state index is -0.547. The maximum absolute atomic E-state index is 13.6. The van der Waals surface area contributed by atoms with E-state index in [9.17, 15) is 9.18 Å². The molecule has 0 radical (unpaired) electrons. The van der Waals surface area contributed by atoms with E-state index in [1.54, 1.807) is 10.5 Å². The van der Waals surface area contributed by atoms with Crippen LogP contribution >= 0.6 is 0 Å². The maximum atomic E-state index is 13.6. The fourth-order valence-corrected chi connectivity index (χ4v) is 2.09. The average molecular weight is 315 g/mol. The molecular weight excluding hydrogens is 301 g/mol. The number of pyridine rings is 1. The molecule has 0 bridgehead atoms. The van der Waals surface area contributed by atoms with Gasteiger partial charge in [-0.25, -0.2) is 9.18 Å². The first-order valence-electron chi connectivity index (χ1n) is 6.84. The zero-order valence-corrected chi connectivity index (χ0v) is 12.3. The number of aromatic nitrogens is 3. The highest BCUT2D eigenvalue weighted by molar-refractivity contribution is 5.89. The summed E-state index contributed by atoms with van der Waals surface area (Å²) in [5, 5.41) is 13.2. The molecule has 0 fully saturated rings. The van der Waals surface area contributed by atoms with Gasteiger partial charge in [0.05, 0.1) is 13.7 Å². The summed E-state index contributed by atoms with van der Waals surface area (Å²) in [5.74, 6) is 0.163. The number of hydrogen-bond donors (Lipinski definition) is 2. The molecular formula is C15H14FN5O2. The first-order chi connectivity index (χ1) is 11.2. The van der Waals surface area contributed by atoms with Crippen molar-refractivity contribution in [3.8, 4) is 5.75 Å². The second kappa shape index (κ2) is 6.30. The lowest BCUT2D eigenvalue weighted by Gasteiger charge is -2.08. The number of ether oxygens (including phenoxy) is 1. The number of halogens is 1. The van der Waals surface area contributed by atoms with Crippen molar-refractivity contribution in [3.63, 3.8) is 0 Å². The molecule has 3 aromatic rings. The van der Waals surface area contributed by atoms with Crippen molar-refractivity contribution >= 4 is 17.4 Å². The highest BCUT2D eigenvalue weighted by Gasteiger charge is 2.09. The zero-order chi connectivity index (χ0) is 16.2. The van der Waals surface area contributed by atoms with Crippen LogP contribution in [0.15, 0.2) is 42.6 Å². The van der Waals surface area contributed by atoms with Gasteiger partial charge < -0.3 is 15.4 Å². The van der Waals surface area contributed by atoms with Crippen LogP contribution in [0.5, 0.6) is 5.75 Å². The van der Waals surface area contributed by atoms with E-state index in [1.165, 1.54) is 19.2 Å². The van der Waals surface area contributed by atoms with Gasteiger partial charge in [0.1, 0.15) is 0 Å². The first kappa shape index (κ1) is 14.8. The molecule has 2 heterocycles. The molecule has 0 saturated carbocycles. The predicted octanol–water partition coefficient (Wildman–Crippen LogP) is 2.20. The third-order valence-corrected chi connectivity index (χ3v) is 3.20. The van der Waals surface area contributed by atoms with Crippen molar-refractivity contribution in [3.05, 3.63) is 54.2 Å². The molecule has 0 aliphatic rings. The number of carbonyl (C=O) groups is 1. The number of nitrogens with zero attached hydrogens (tertiary/aromatic N) is 3. The van der Waals surface area contributed by atoms with Crippen LogP contribution < -0.4 is 15.4 Å². The molecule has 118 valence electrons. The second-order valence-corrected chi connectivity index (χ2v) is 4.70. The fraction of sp³-hybridized carbons (Fsp3) is 0.133. The molecule has 0 aliphatic carbocycles. The summed E-state index contributed by atoms with van der Waals surface area (Å²) in [6.45, 7) is 0.190. The van der Waals surface area contributed by atoms with Crippen LogP contribution in [0.1, 0.15) is 5.82 Å². The van der Waals surface area contributed by atoms with Crippen molar-refractivity contribution in [2.24, 2.45) is 0 Å². The number of carbonyl (C=O) groups excluding carboxylic acids is 1. The normalized spacial score (nSPS) is 10.5. The number of benzene rings is 1. The zero-order valence-electron chi connectivity index (χ0n) is 12.3. The van der Waals surface area contributed by atoms with Gasteiger partial charge in [-0.05, 0) is 24.3 Å². The van der Waals surface area contributed by atoms with E-state index in [1.807, 2.05) is 24.4 Å². The summed E-state index contributed by atoms with van der Waals surface area (Å²) in [5.41, 5.74) is 1.02. The summed E-state index contributed by atoms with van der Waals surface area (Å²) >= 11 is 0. The Morgan fingerprint density at radius 3 is 2.96 bits per heavy atom. The quantitative estimate of drug-likeness (QED) is 0.773. The molecule has 0 saturated heterocycles. The summed E-state index contributed by atoms with van der Waals surface area (Å²) in [6.07, 6.45) is 1.81. The van der Waals surface area contributed by atoms with Gasteiger partial charge in [0.25, 0.3) is 0 Å². The summed E-state index contributed by atoms with van der Waals surface area (Å²) in [4.78, 5) is 11.9. The van der Waals surface area contributed by atoms with E-state index in [0.29, 0.717) is 17.2 Å². The Bertz CT molecular complexity index is 849. The molecule has 23 heavy (non-hydrogen) atoms. The SMILES string of the molecule is COc1ccc(NC(=O)NCc2nnc3ccccn23)cc1F. The topological polar surface area (TPSA) is 80.5 Å². The van der Waals surface area contributed by atoms with Gasteiger partial charge >= 0.3 is 6.03 Å². The van der Waals surface area contributed by atoms with Gasteiger partial charge in [0, 0.05) is 18.0 Å². The van der Waals surface area contributed by atoms with Crippen molar-refractivity contribution < 1.29 is 13.9 Å². The van der Waals surface area contributed by atoms with Crippen LogP contribution in [0.25, 0.3) is 5.65 Å². The highest BCUT2D eigenvalue weighted by atomic mass is 19.1. The average Bonchev–Trinajstić information content (AvgIpc) is 2.96. The number of methoxy groups -OCH3 is 1. The molecule has 0 spiro atoms. The minimum absolute atomic E-state index is 0.117. The molecule has 3 rings (SSSR count).